The van der Waals surface area contributed by atoms with Crippen molar-refractivity contribution >= 4 is 7.37 Å². The summed E-state index contributed by atoms with van der Waals surface area (Å²) in [6.07, 6.45) is 8.88. The van der Waals surface area contributed by atoms with Gasteiger partial charge in [-0.1, -0.05) is 52.9 Å². The van der Waals surface area contributed by atoms with Gasteiger partial charge in [0.05, 0.1) is 6.61 Å². The van der Waals surface area contributed by atoms with Crippen LogP contribution in [0, 0.1) is 0 Å². The molecule has 3 heteroatoms. The van der Waals surface area contributed by atoms with Crippen molar-refractivity contribution in [3.8, 4) is 0 Å². The lowest BCUT2D eigenvalue weighted by Crippen LogP contribution is -1.97. The van der Waals surface area contributed by atoms with Crippen LogP contribution in [0.2, 0.25) is 0 Å². The van der Waals surface area contributed by atoms with Crippen molar-refractivity contribution in [1.29, 1.82) is 0 Å². The molecule has 0 unspecified atom stereocenters. The fourth-order valence-corrected chi connectivity index (χ4v) is 2.79. The minimum absolute atomic E-state index is 0.680. The van der Waals surface area contributed by atoms with Gasteiger partial charge in [-0.15, -0.1) is 0 Å². The highest BCUT2D eigenvalue weighted by atomic mass is 31.2. The maximum absolute atomic E-state index is 11.9. The molecule has 0 rings (SSSR count). The van der Waals surface area contributed by atoms with E-state index in [1.807, 2.05) is 13.8 Å². The molecule has 0 aliphatic carbocycles. The zero-order chi connectivity index (χ0) is 11.6. The first-order valence-electron chi connectivity index (χ1n) is 6.41. The molecule has 15 heavy (non-hydrogen) atoms. The fourth-order valence-electron chi connectivity index (χ4n) is 1.52. The predicted octanol–water partition coefficient (Wildman–Crippen LogP) is 4.68. The highest BCUT2D eigenvalue weighted by molar-refractivity contribution is 7.58. The predicted molar refractivity (Wildman–Crippen MR) is 68.0 cm³/mol. The molecule has 0 saturated heterocycles. The van der Waals surface area contributed by atoms with Crippen molar-refractivity contribution in [1.82, 2.24) is 0 Å². The molecular formula is C12H27O2P. The molecule has 0 aromatic heterocycles. The molecule has 0 amide bonds. The van der Waals surface area contributed by atoms with Crippen LogP contribution >= 0.6 is 7.37 Å². The molecule has 0 saturated carbocycles. The van der Waals surface area contributed by atoms with E-state index in [2.05, 4.69) is 6.92 Å². The molecule has 0 N–H and O–H groups in total. The van der Waals surface area contributed by atoms with Gasteiger partial charge in [0.15, 0.2) is 0 Å². The summed E-state index contributed by atoms with van der Waals surface area (Å²) in [5, 5.41) is 0. The van der Waals surface area contributed by atoms with E-state index in [1.54, 1.807) is 0 Å². The van der Waals surface area contributed by atoms with Crippen molar-refractivity contribution in [2.75, 3.05) is 18.9 Å². The summed E-state index contributed by atoms with van der Waals surface area (Å²) >= 11 is 0. The lowest BCUT2D eigenvalue weighted by Gasteiger charge is -2.14. The summed E-state index contributed by atoms with van der Waals surface area (Å²) < 4.78 is 17.4. The summed E-state index contributed by atoms with van der Waals surface area (Å²) in [7, 11) is -2.24. The third-order valence-corrected chi connectivity index (χ3v) is 5.37. The molecule has 2 nitrogen and oxygen atoms in total. The van der Waals surface area contributed by atoms with E-state index in [0.717, 1.165) is 6.42 Å². The number of rotatable bonds is 10. The minimum Gasteiger partial charge on any atom is -0.328 e. The number of hydrogen-bond donors (Lipinski definition) is 0. The van der Waals surface area contributed by atoms with Crippen LogP contribution < -0.4 is 0 Å². The Bertz CT molecular complexity index is 172. The molecule has 0 aliphatic rings. The summed E-state index contributed by atoms with van der Waals surface area (Å²) in [5.41, 5.74) is 0. The Morgan fingerprint density at radius 3 is 1.93 bits per heavy atom. The van der Waals surface area contributed by atoms with Gasteiger partial charge in [-0.2, -0.15) is 0 Å². The molecule has 0 heterocycles. The van der Waals surface area contributed by atoms with Crippen LogP contribution in [0.1, 0.15) is 59.3 Å². The highest BCUT2D eigenvalue weighted by Crippen LogP contribution is 2.45. The van der Waals surface area contributed by atoms with Crippen LogP contribution in [0.25, 0.3) is 0 Å². The summed E-state index contributed by atoms with van der Waals surface area (Å²) in [4.78, 5) is 0. The van der Waals surface area contributed by atoms with Crippen LogP contribution in [0.5, 0.6) is 0 Å². The molecule has 0 spiro atoms. The van der Waals surface area contributed by atoms with Gasteiger partial charge in [-0.25, -0.2) is 0 Å². The zero-order valence-corrected chi connectivity index (χ0v) is 11.5. The van der Waals surface area contributed by atoms with Crippen LogP contribution in [0.3, 0.4) is 0 Å². The average molecular weight is 234 g/mol. The number of hydrogen-bond acceptors (Lipinski definition) is 2. The number of unbranched alkanes of at least 4 members (excludes halogenated alkanes) is 5. The third kappa shape index (κ3) is 8.04. The van der Waals surface area contributed by atoms with E-state index in [0.29, 0.717) is 18.9 Å². The molecule has 0 aromatic rings. The van der Waals surface area contributed by atoms with Crippen LogP contribution in [0.4, 0.5) is 0 Å². The summed E-state index contributed by atoms with van der Waals surface area (Å²) in [6.45, 7) is 6.81. The van der Waals surface area contributed by atoms with E-state index in [9.17, 15) is 4.57 Å². The first kappa shape index (κ1) is 15.2. The highest BCUT2D eigenvalue weighted by Gasteiger charge is 2.16. The van der Waals surface area contributed by atoms with Gasteiger partial charge in [-0.3, -0.25) is 4.57 Å². The average Bonchev–Trinajstić information content (AvgIpc) is 2.27. The maximum atomic E-state index is 11.9. The second-order valence-electron chi connectivity index (χ2n) is 4.05. The second kappa shape index (κ2) is 9.42. The Balaban J connectivity index is 3.34. The van der Waals surface area contributed by atoms with Crippen molar-refractivity contribution < 1.29 is 9.09 Å². The van der Waals surface area contributed by atoms with Crippen LogP contribution in [-0.2, 0) is 9.09 Å². The van der Waals surface area contributed by atoms with Gasteiger partial charge in [0.25, 0.3) is 0 Å². The molecule has 0 bridgehead atoms. The SMILES string of the molecule is CCCCCCCCOP(=O)(CC)CC. The normalized spacial score (nSPS) is 11.9. The van der Waals surface area contributed by atoms with Crippen LogP contribution in [-0.4, -0.2) is 18.9 Å². The van der Waals surface area contributed by atoms with Crippen molar-refractivity contribution in [2.45, 2.75) is 59.3 Å². The van der Waals surface area contributed by atoms with Gasteiger partial charge in [0, 0.05) is 12.3 Å². The Morgan fingerprint density at radius 2 is 1.40 bits per heavy atom. The van der Waals surface area contributed by atoms with E-state index in [4.69, 9.17) is 4.52 Å². The monoisotopic (exact) mass is 234 g/mol. The molecule has 0 aliphatic heterocycles. The molecule has 0 fully saturated rings. The first-order chi connectivity index (χ1) is 7.18. The van der Waals surface area contributed by atoms with Crippen molar-refractivity contribution in [3.05, 3.63) is 0 Å². The lowest BCUT2D eigenvalue weighted by atomic mass is 10.1. The Kier molecular flexibility index (Phi) is 9.54. The Labute approximate surface area is 95.2 Å². The summed E-state index contributed by atoms with van der Waals surface area (Å²) in [5.74, 6) is 0. The Morgan fingerprint density at radius 1 is 0.867 bits per heavy atom. The lowest BCUT2D eigenvalue weighted by molar-refractivity contribution is 0.302. The molecule has 0 aromatic carbocycles. The maximum Gasteiger partial charge on any atom is 0.202 e. The van der Waals surface area contributed by atoms with Crippen molar-refractivity contribution in [2.24, 2.45) is 0 Å². The van der Waals surface area contributed by atoms with E-state index in [1.165, 1.54) is 32.1 Å². The first-order valence-corrected chi connectivity index (χ1v) is 8.40. The van der Waals surface area contributed by atoms with Gasteiger partial charge < -0.3 is 4.52 Å². The molecule has 0 atom stereocenters. The minimum atomic E-state index is -2.24. The third-order valence-electron chi connectivity index (χ3n) is 2.79. The smallest absolute Gasteiger partial charge is 0.202 e. The zero-order valence-electron chi connectivity index (χ0n) is 10.6. The fraction of sp³-hybridized carbons (Fsp3) is 1.00. The van der Waals surface area contributed by atoms with E-state index >= 15 is 0 Å². The molecular weight excluding hydrogens is 207 g/mol. The summed E-state index contributed by atoms with van der Waals surface area (Å²) in [6, 6.07) is 0. The van der Waals surface area contributed by atoms with Gasteiger partial charge >= 0.3 is 0 Å². The second-order valence-corrected chi connectivity index (χ2v) is 7.20. The standard InChI is InChI=1S/C12H27O2P/c1-4-7-8-9-10-11-12-14-15(13,5-2)6-3/h4-12H2,1-3H3. The largest absolute Gasteiger partial charge is 0.328 e. The Hall–Kier alpha value is 0.190. The van der Waals surface area contributed by atoms with Gasteiger partial charge in [-0.05, 0) is 6.42 Å². The molecule has 92 valence electrons. The molecule has 0 radical (unpaired) electrons. The quantitative estimate of drug-likeness (QED) is 0.405. The van der Waals surface area contributed by atoms with E-state index in [-0.39, 0.29) is 0 Å². The van der Waals surface area contributed by atoms with E-state index < -0.39 is 7.37 Å². The van der Waals surface area contributed by atoms with Gasteiger partial charge in [0.1, 0.15) is 0 Å². The van der Waals surface area contributed by atoms with Crippen molar-refractivity contribution in [3.63, 3.8) is 0 Å². The topological polar surface area (TPSA) is 26.3 Å². The van der Waals surface area contributed by atoms with Crippen LogP contribution in [0.15, 0.2) is 0 Å². The van der Waals surface area contributed by atoms with Gasteiger partial charge in [0.2, 0.25) is 7.37 Å².